The molecule has 0 aliphatic heterocycles. The van der Waals surface area contributed by atoms with Gasteiger partial charge in [-0.3, -0.25) is 9.78 Å². The van der Waals surface area contributed by atoms with E-state index in [0.29, 0.717) is 5.75 Å². The number of pyridine rings is 1. The first-order valence-electron chi connectivity index (χ1n) is 7.14. The first-order chi connectivity index (χ1) is 10.3. The summed E-state index contributed by atoms with van der Waals surface area (Å²) in [6, 6.07) is 13.9. The molecule has 4 heteroatoms. The number of hydrogen-bond donors (Lipinski definition) is 1. The van der Waals surface area contributed by atoms with E-state index in [-0.39, 0.29) is 5.91 Å². The van der Waals surface area contributed by atoms with Crippen LogP contribution in [-0.2, 0) is 17.6 Å². The molecule has 1 amide bonds. The van der Waals surface area contributed by atoms with Crippen LogP contribution in [0.5, 0.6) is 0 Å². The number of thioether (sulfide) groups is 1. The fourth-order valence-corrected chi connectivity index (χ4v) is 2.71. The molecule has 1 aromatic heterocycles. The van der Waals surface area contributed by atoms with Crippen LogP contribution in [-0.4, -0.2) is 22.4 Å². The minimum atomic E-state index is 0.0503. The van der Waals surface area contributed by atoms with E-state index in [1.165, 1.54) is 5.56 Å². The van der Waals surface area contributed by atoms with Crippen LogP contribution in [0.4, 0.5) is 5.69 Å². The molecule has 0 bridgehead atoms. The lowest BCUT2D eigenvalue weighted by molar-refractivity contribution is -0.113. The maximum Gasteiger partial charge on any atom is 0.234 e. The SMILES string of the molecule is CCc1cccc(NC(=O)CSCCc2ccccn2)c1. The monoisotopic (exact) mass is 300 g/mol. The predicted molar refractivity (Wildman–Crippen MR) is 89.7 cm³/mol. The highest BCUT2D eigenvalue weighted by Crippen LogP contribution is 2.12. The number of hydrogen-bond acceptors (Lipinski definition) is 3. The molecule has 1 N–H and O–H groups in total. The summed E-state index contributed by atoms with van der Waals surface area (Å²) >= 11 is 1.63. The van der Waals surface area contributed by atoms with Crippen molar-refractivity contribution in [2.24, 2.45) is 0 Å². The van der Waals surface area contributed by atoms with Gasteiger partial charge < -0.3 is 5.32 Å². The average molecular weight is 300 g/mol. The second kappa shape index (κ2) is 8.47. The van der Waals surface area contributed by atoms with Gasteiger partial charge in [0.25, 0.3) is 0 Å². The molecule has 0 spiro atoms. The highest BCUT2D eigenvalue weighted by molar-refractivity contribution is 7.99. The Bertz CT molecular complexity index is 572. The van der Waals surface area contributed by atoms with Gasteiger partial charge in [-0.15, -0.1) is 0 Å². The van der Waals surface area contributed by atoms with E-state index in [0.717, 1.165) is 30.0 Å². The number of benzene rings is 1. The summed E-state index contributed by atoms with van der Waals surface area (Å²) in [5.74, 6) is 1.43. The summed E-state index contributed by atoms with van der Waals surface area (Å²) in [6.07, 6.45) is 3.67. The van der Waals surface area contributed by atoms with Crippen molar-refractivity contribution in [2.45, 2.75) is 19.8 Å². The van der Waals surface area contributed by atoms with Gasteiger partial charge in [-0.1, -0.05) is 25.1 Å². The fourth-order valence-electron chi connectivity index (χ4n) is 1.95. The molecule has 0 aliphatic rings. The molecule has 1 heterocycles. The molecule has 21 heavy (non-hydrogen) atoms. The molecule has 0 saturated heterocycles. The van der Waals surface area contributed by atoms with Crippen molar-refractivity contribution >= 4 is 23.4 Å². The van der Waals surface area contributed by atoms with Gasteiger partial charge in [0.15, 0.2) is 0 Å². The second-order valence-corrected chi connectivity index (χ2v) is 5.83. The Morgan fingerprint density at radius 1 is 1.24 bits per heavy atom. The van der Waals surface area contributed by atoms with E-state index in [4.69, 9.17) is 0 Å². The Morgan fingerprint density at radius 2 is 2.14 bits per heavy atom. The summed E-state index contributed by atoms with van der Waals surface area (Å²) in [6.45, 7) is 2.11. The largest absolute Gasteiger partial charge is 0.325 e. The first kappa shape index (κ1) is 15.6. The van der Waals surface area contributed by atoms with Crippen LogP contribution in [0.1, 0.15) is 18.2 Å². The summed E-state index contributed by atoms with van der Waals surface area (Å²) < 4.78 is 0. The van der Waals surface area contributed by atoms with Crippen molar-refractivity contribution in [1.29, 1.82) is 0 Å². The molecule has 0 saturated carbocycles. The van der Waals surface area contributed by atoms with Crippen LogP contribution >= 0.6 is 11.8 Å². The number of nitrogens with zero attached hydrogens (tertiary/aromatic N) is 1. The molecule has 0 aliphatic carbocycles. The van der Waals surface area contributed by atoms with Gasteiger partial charge >= 0.3 is 0 Å². The summed E-state index contributed by atoms with van der Waals surface area (Å²) in [4.78, 5) is 16.1. The Kier molecular flexibility index (Phi) is 6.28. The van der Waals surface area contributed by atoms with Crippen LogP contribution < -0.4 is 5.32 Å². The minimum Gasteiger partial charge on any atom is -0.325 e. The van der Waals surface area contributed by atoms with Crippen molar-refractivity contribution in [3.63, 3.8) is 0 Å². The number of nitrogens with one attached hydrogen (secondary N) is 1. The molecule has 0 atom stereocenters. The topological polar surface area (TPSA) is 42.0 Å². The maximum atomic E-state index is 11.9. The van der Waals surface area contributed by atoms with E-state index < -0.39 is 0 Å². The van der Waals surface area contributed by atoms with Gasteiger partial charge in [0.1, 0.15) is 0 Å². The van der Waals surface area contributed by atoms with Crippen LogP contribution in [0.25, 0.3) is 0 Å². The van der Waals surface area contributed by atoms with Gasteiger partial charge in [0.2, 0.25) is 5.91 Å². The van der Waals surface area contributed by atoms with Crippen LogP contribution in [0.15, 0.2) is 48.7 Å². The van der Waals surface area contributed by atoms with E-state index in [1.54, 1.807) is 18.0 Å². The molecule has 110 valence electrons. The average Bonchev–Trinajstić information content (AvgIpc) is 2.53. The highest BCUT2D eigenvalue weighted by Gasteiger charge is 2.03. The first-order valence-corrected chi connectivity index (χ1v) is 8.30. The highest BCUT2D eigenvalue weighted by atomic mass is 32.2. The van der Waals surface area contributed by atoms with Crippen molar-refractivity contribution in [3.05, 3.63) is 59.9 Å². The zero-order valence-corrected chi connectivity index (χ0v) is 13.0. The third kappa shape index (κ3) is 5.60. The molecular formula is C17H20N2OS. The lowest BCUT2D eigenvalue weighted by Gasteiger charge is -2.06. The minimum absolute atomic E-state index is 0.0503. The number of amides is 1. The van der Waals surface area contributed by atoms with Crippen molar-refractivity contribution < 1.29 is 4.79 Å². The smallest absolute Gasteiger partial charge is 0.234 e. The summed E-state index contributed by atoms with van der Waals surface area (Å²) in [5, 5.41) is 2.94. The fraction of sp³-hybridized carbons (Fsp3) is 0.294. The van der Waals surface area contributed by atoms with Crippen molar-refractivity contribution in [1.82, 2.24) is 4.98 Å². The number of rotatable bonds is 7. The van der Waals surface area contributed by atoms with Gasteiger partial charge in [-0.2, -0.15) is 11.8 Å². The number of carbonyl (C=O) groups is 1. The van der Waals surface area contributed by atoms with Gasteiger partial charge in [-0.05, 0) is 48.4 Å². The number of aromatic nitrogens is 1. The van der Waals surface area contributed by atoms with Crippen molar-refractivity contribution in [3.8, 4) is 0 Å². The standard InChI is InChI=1S/C17H20N2OS/c1-2-14-6-5-8-16(12-14)19-17(20)13-21-11-9-15-7-3-4-10-18-15/h3-8,10,12H,2,9,11,13H2,1H3,(H,19,20). The molecule has 2 rings (SSSR count). The summed E-state index contributed by atoms with van der Waals surface area (Å²) in [5.41, 5.74) is 3.18. The Balaban J connectivity index is 1.70. The Labute approximate surface area is 130 Å². The lowest BCUT2D eigenvalue weighted by Crippen LogP contribution is -2.14. The van der Waals surface area contributed by atoms with Crippen LogP contribution in [0, 0.1) is 0 Å². The zero-order valence-electron chi connectivity index (χ0n) is 12.2. The Hall–Kier alpha value is -1.81. The normalized spacial score (nSPS) is 10.3. The molecule has 2 aromatic rings. The quantitative estimate of drug-likeness (QED) is 0.795. The predicted octanol–water partition coefficient (Wildman–Crippen LogP) is 3.56. The number of aryl methyl sites for hydroxylation is 2. The maximum absolute atomic E-state index is 11.9. The van der Waals surface area contributed by atoms with Crippen molar-refractivity contribution in [2.75, 3.05) is 16.8 Å². The molecule has 3 nitrogen and oxygen atoms in total. The van der Waals surface area contributed by atoms with Gasteiger partial charge in [0, 0.05) is 17.6 Å². The molecule has 0 unspecified atom stereocenters. The third-order valence-corrected chi connectivity index (χ3v) is 4.04. The van der Waals surface area contributed by atoms with E-state index in [2.05, 4.69) is 23.3 Å². The summed E-state index contributed by atoms with van der Waals surface area (Å²) in [7, 11) is 0. The number of carbonyl (C=O) groups excluding carboxylic acids is 1. The molecule has 0 radical (unpaired) electrons. The van der Waals surface area contributed by atoms with Crippen LogP contribution in [0.2, 0.25) is 0 Å². The van der Waals surface area contributed by atoms with Gasteiger partial charge in [0.05, 0.1) is 5.75 Å². The molecular weight excluding hydrogens is 280 g/mol. The van der Waals surface area contributed by atoms with Gasteiger partial charge in [-0.25, -0.2) is 0 Å². The molecule has 0 fully saturated rings. The van der Waals surface area contributed by atoms with E-state index in [9.17, 15) is 4.79 Å². The second-order valence-electron chi connectivity index (χ2n) is 4.73. The third-order valence-electron chi connectivity index (χ3n) is 3.08. The van der Waals surface area contributed by atoms with E-state index in [1.807, 2.05) is 36.4 Å². The number of anilines is 1. The van der Waals surface area contributed by atoms with E-state index >= 15 is 0 Å². The molecule has 1 aromatic carbocycles. The lowest BCUT2D eigenvalue weighted by atomic mass is 10.1. The van der Waals surface area contributed by atoms with Crippen LogP contribution in [0.3, 0.4) is 0 Å². The zero-order chi connectivity index (χ0) is 14.9. The Morgan fingerprint density at radius 3 is 2.90 bits per heavy atom.